The molecule has 0 spiro atoms. The van der Waals surface area contributed by atoms with E-state index < -0.39 is 0 Å². The molecular formula is C14H12IN3O. The molecule has 1 aromatic carbocycles. The Balaban J connectivity index is 2.13. The normalized spacial score (nSPS) is 14.4. The molecule has 4 nitrogen and oxygen atoms in total. The second-order valence-corrected chi connectivity index (χ2v) is 5.63. The molecule has 0 aliphatic carbocycles. The molecule has 5 heteroatoms. The average Bonchev–Trinajstić information content (AvgIpc) is 2.43. The van der Waals surface area contributed by atoms with Gasteiger partial charge < -0.3 is 0 Å². The number of halogens is 1. The molecule has 0 radical (unpaired) electrons. The van der Waals surface area contributed by atoms with Crippen molar-refractivity contribution in [3.05, 3.63) is 45.8 Å². The fourth-order valence-corrected chi connectivity index (χ4v) is 3.25. The van der Waals surface area contributed by atoms with Crippen molar-refractivity contribution in [1.82, 2.24) is 4.98 Å². The summed E-state index contributed by atoms with van der Waals surface area (Å²) in [5, 5.41) is 1.27. The van der Waals surface area contributed by atoms with Crippen molar-refractivity contribution >= 4 is 34.2 Å². The summed E-state index contributed by atoms with van der Waals surface area (Å²) in [5.74, 6) is 5.82. The van der Waals surface area contributed by atoms with Crippen LogP contribution in [0.2, 0.25) is 0 Å². The molecule has 1 aliphatic heterocycles. The molecule has 0 saturated carbocycles. The van der Waals surface area contributed by atoms with Gasteiger partial charge in [0.15, 0.2) is 0 Å². The number of aryl methyl sites for hydroxylation is 1. The van der Waals surface area contributed by atoms with E-state index in [1.807, 2.05) is 24.4 Å². The Morgan fingerprint density at radius 3 is 2.84 bits per heavy atom. The molecule has 1 amide bonds. The summed E-state index contributed by atoms with van der Waals surface area (Å²) in [6.45, 7) is 0. The summed E-state index contributed by atoms with van der Waals surface area (Å²) in [6.07, 6.45) is 4.81. The standard InChI is InChI=1S/C14H12IN3O/c15-12-7-11(10-2-1-5-17-8-10)6-9-3-4-13(19)18(16)14(9)12/h1-2,5-8H,3-4,16H2. The first kappa shape index (κ1) is 12.6. The van der Waals surface area contributed by atoms with Crippen molar-refractivity contribution < 1.29 is 4.79 Å². The molecule has 2 aromatic rings. The van der Waals surface area contributed by atoms with Crippen molar-refractivity contribution in [2.75, 3.05) is 5.01 Å². The van der Waals surface area contributed by atoms with Gasteiger partial charge in [-0.1, -0.05) is 6.07 Å². The molecule has 19 heavy (non-hydrogen) atoms. The van der Waals surface area contributed by atoms with Crippen LogP contribution in [0.4, 0.5) is 5.69 Å². The Morgan fingerprint density at radius 1 is 1.26 bits per heavy atom. The van der Waals surface area contributed by atoms with E-state index in [4.69, 9.17) is 5.84 Å². The Hall–Kier alpha value is -1.47. The highest BCUT2D eigenvalue weighted by Gasteiger charge is 2.24. The first-order valence-electron chi connectivity index (χ1n) is 5.97. The zero-order chi connectivity index (χ0) is 13.4. The minimum absolute atomic E-state index is 0.0282. The number of amides is 1. The van der Waals surface area contributed by atoms with Crippen LogP contribution in [0, 0.1) is 3.57 Å². The molecule has 96 valence electrons. The predicted octanol–water partition coefficient (Wildman–Crippen LogP) is 2.51. The monoisotopic (exact) mass is 365 g/mol. The van der Waals surface area contributed by atoms with Gasteiger partial charge in [0.1, 0.15) is 0 Å². The molecule has 0 atom stereocenters. The number of anilines is 1. The van der Waals surface area contributed by atoms with E-state index in [1.54, 1.807) is 6.20 Å². The molecule has 1 aromatic heterocycles. The van der Waals surface area contributed by atoms with Gasteiger partial charge in [-0.3, -0.25) is 9.78 Å². The van der Waals surface area contributed by atoms with E-state index in [-0.39, 0.29) is 5.91 Å². The maximum absolute atomic E-state index is 11.7. The minimum atomic E-state index is -0.0282. The summed E-state index contributed by atoms with van der Waals surface area (Å²) in [4.78, 5) is 15.8. The van der Waals surface area contributed by atoms with Crippen molar-refractivity contribution in [1.29, 1.82) is 0 Å². The van der Waals surface area contributed by atoms with Gasteiger partial charge in [0.2, 0.25) is 5.91 Å². The number of rotatable bonds is 1. The summed E-state index contributed by atoms with van der Waals surface area (Å²) in [5.41, 5.74) is 4.14. The second kappa shape index (κ2) is 4.90. The molecular weight excluding hydrogens is 353 g/mol. The van der Waals surface area contributed by atoms with E-state index in [1.165, 1.54) is 5.01 Å². The Morgan fingerprint density at radius 2 is 2.11 bits per heavy atom. The Kier molecular flexibility index (Phi) is 3.24. The van der Waals surface area contributed by atoms with Crippen molar-refractivity contribution in [2.45, 2.75) is 12.8 Å². The van der Waals surface area contributed by atoms with Gasteiger partial charge in [-0.25, -0.2) is 10.9 Å². The Labute approximate surface area is 124 Å². The SMILES string of the molecule is NN1C(=O)CCc2cc(-c3cccnc3)cc(I)c21. The van der Waals surface area contributed by atoms with E-state index >= 15 is 0 Å². The molecule has 0 bridgehead atoms. The van der Waals surface area contributed by atoms with Crippen LogP contribution >= 0.6 is 22.6 Å². The van der Waals surface area contributed by atoms with Crippen LogP contribution in [0.25, 0.3) is 11.1 Å². The number of carbonyl (C=O) groups is 1. The van der Waals surface area contributed by atoms with Gasteiger partial charge in [-0.2, -0.15) is 0 Å². The van der Waals surface area contributed by atoms with Gasteiger partial charge in [0.25, 0.3) is 0 Å². The van der Waals surface area contributed by atoms with Gasteiger partial charge >= 0.3 is 0 Å². The molecule has 3 rings (SSSR count). The topological polar surface area (TPSA) is 59.2 Å². The van der Waals surface area contributed by atoms with E-state index in [0.29, 0.717) is 6.42 Å². The van der Waals surface area contributed by atoms with Crippen molar-refractivity contribution in [2.24, 2.45) is 5.84 Å². The maximum atomic E-state index is 11.7. The number of carbonyl (C=O) groups excluding carboxylic acids is 1. The molecule has 0 fully saturated rings. The molecule has 2 N–H and O–H groups in total. The fourth-order valence-electron chi connectivity index (χ4n) is 2.30. The number of fused-ring (bicyclic) bond motifs is 1. The van der Waals surface area contributed by atoms with Gasteiger partial charge in [-0.05, 0) is 58.3 Å². The van der Waals surface area contributed by atoms with Crippen LogP contribution in [0.15, 0.2) is 36.7 Å². The summed E-state index contributed by atoms with van der Waals surface area (Å²) in [6, 6.07) is 8.08. The molecule has 2 heterocycles. The quantitative estimate of drug-likeness (QED) is 0.480. The smallest absolute Gasteiger partial charge is 0.241 e. The maximum Gasteiger partial charge on any atom is 0.241 e. The van der Waals surface area contributed by atoms with Crippen molar-refractivity contribution in [3.8, 4) is 11.1 Å². The number of pyridine rings is 1. The lowest BCUT2D eigenvalue weighted by Crippen LogP contribution is -2.41. The van der Waals surface area contributed by atoms with Crippen molar-refractivity contribution in [3.63, 3.8) is 0 Å². The third-order valence-electron chi connectivity index (χ3n) is 3.26. The van der Waals surface area contributed by atoms with Gasteiger partial charge in [-0.15, -0.1) is 0 Å². The van der Waals surface area contributed by atoms with E-state index in [0.717, 1.165) is 32.4 Å². The Bertz CT molecular complexity index is 643. The third-order valence-corrected chi connectivity index (χ3v) is 4.08. The summed E-state index contributed by atoms with van der Waals surface area (Å²) < 4.78 is 0.990. The second-order valence-electron chi connectivity index (χ2n) is 4.47. The van der Waals surface area contributed by atoms with Gasteiger partial charge in [0.05, 0.1) is 5.69 Å². The third kappa shape index (κ3) is 2.23. The zero-order valence-corrected chi connectivity index (χ0v) is 12.3. The predicted molar refractivity (Wildman–Crippen MR) is 82.4 cm³/mol. The number of benzene rings is 1. The summed E-state index contributed by atoms with van der Waals surface area (Å²) >= 11 is 2.23. The number of aromatic nitrogens is 1. The first-order valence-corrected chi connectivity index (χ1v) is 7.05. The van der Waals surface area contributed by atoms with Crippen LogP contribution < -0.4 is 10.9 Å². The van der Waals surface area contributed by atoms with E-state index in [2.05, 4.69) is 33.6 Å². The molecule has 0 saturated heterocycles. The van der Waals surface area contributed by atoms with Crippen LogP contribution in [-0.4, -0.2) is 10.9 Å². The van der Waals surface area contributed by atoms with Crippen LogP contribution in [0.1, 0.15) is 12.0 Å². The highest BCUT2D eigenvalue weighted by Crippen LogP contribution is 2.34. The minimum Gasteiger partial charge on any atom is -0.273 e. The lowest BCUT2D eigenvalue weighted by Gasteiger charge is -2.26. The highest BCUT2D eigenvalue weighted by molar-refractivity contribution is 14.1. The lowest BCUT2D eigenvalue weighted by molar-refractivity contribution is -0.119. The average molecular weight is 365 g/mol. The first-order chi connectivity index (χ1) is 9.16. The van der Waals surface area contributed by atoms with Crippen LogP contribution in [0.3, 0.4) is 0 Å². The molecule has 1 aliphatic rings. The largest absolute Gasteiger partial charge is 0.273 e. The molecule has 0 unspecified atom stereocenters. The number of nitrogens with zero attached hydrogens (tertiary/aromatic N) is 2. The number of hydrogen-bond acceptors (Lipinski definition) is 3. The lowest BCUT2D eigenvalue weighted by atomic mass is 9.97. The highest BCUT2D eigenvalue weighted by atomic mass is 127. The fraction of sp³-hybridized carbons (Fsp3) is 0.143. The number of hydrogen-bond donors (Lipinski definition) is 1. The number of hydrazine groups is 1. The van der Waals surface area contributed by atoms with Crippen LogP contribution in [0.5, 0.6) is 0 Å². The number of nitrogens with two attached hydrogens (primary N) is 1. The van der Waals surface area contributed by atoms with Crippen LogP contribution in [-0.2, 0) is 11.2 Å². The zero-order valence-electron chi connectivity index (χ0n) is 10.1. The summed E-state index contributed by atoms with van der Waals surface area (Å²) in [7, 11) is 0. The van der Waals surface area contributed by atoms with Gasteiger partial charge in [0, 0.05) is 27.9 Å². The van der Waals surface area contributed by atoms with E-state index in [9.17, 15) is 4.79 Å².